The van der Waals surface area contributed by atoms with Gasteiger partial charge in [-0.3, -0.25) is 14.5 Å². The first kappa shape index (κ1) is 19.5. The van der Waals surface area contributed by atoms with Crippen molar-refractivity contribution in [2.45, 2.75) is 25.9 Å². The molecular formula is C19H19F2N3O4. The number of amides is 4. The van der Waals surface area contributed by atoms with Gasteiger partial charge in [0.1, 0.15) is 35.2 Å². The van der Waals surface area contributed by atoms with Crippen LogP contribution in [0.3, 0.4) is 0 Å². The summed E-state index contributed by atoms with van der Waals surface area (Å²) in [4.78, 5) is 39.5. The summed E-state index contributed by atoms with van der Waals surface area (Å²) in [6.45, 7) is 2.66. The van der Waals surface area contributed by atoms with Gasteiger partial charge in [-0.2, -0.15) is 0 Å². The number of furan rings is 1. The van der Waals surface area contributed by atoms with Crippen molar-refractivity contribution >= 4 is 17.8 Å². The van der Waals surface area contributed by atoms with Crippen LogP contribution in [0.1, 0.15) is 24.0 Å². The third-order valence-corrected chi connectivity index (χ3v) is 4.65. The lowest BCUT2D eigenvalue weighted by Crippen LogP contribution is -2.44. The van der Waals surface area contributed by atoms with Gasteiger partial charge >= 0.3 is 6.03 Å². The fourth-order valence-corrected chi connectivity index (χ4v) is 3.05. The Balaban J connectivity index is 1.76. The largest absolute Gasteiger partial charge is 0.464 e. The summed E-state index contributed by atoms with van der Waals surface area (Å²) in [5, 5.41) is 2.35. The molecule has 148 valence electrons. The van der Waals surface area contributed by atoms with Gasteiger partial charge in [0.2, 0.25) is 5.91 Å². The number of hydrogen-bond acceptors (Lipinski definition) is 4. The number of benzene rings is 1. The fraction of sp³-hybridized carbons (Fsp3) is 0.316. The highest BCUT2D eigenvalue weighted by Gasteiger charge is 2.51. The maximum absolute atomic E-state index is 14.2. The third-order valence-electron chi connectivity index (χ3n) is 4.65. The molecule has 1 aromatic heterocycles. The second-order valence-corrected chi connectivity index (χ2v) is 6.83. The smallest absolute Gasteiger partial charge is 0.325 e. The van der Waals surface area contributed by atoms with Gasteiger partial charge in [0, 0.05) is 12.6 Å². The second kappa shape index (κ2) is 7.06. The molecule has 0 radical (unpaired) electrons. The summed E-state index contributed by atoms with van der Waals surface area (Å²) < 4.78 is 33.1. The first-order valence-corrected chi connectivity index (χ1v) is 8.50. The lowest BCUT2D eigenvalue weighted by Gasteiger charge is -2.23. The highest BCUT2D eigenvalue weighted by atomic mass is 19.1. The van der Waals surface area contributed by atoms with Crippen molar-refractivity contribution < 1.29 is 27.6 Å². The number of urea groups is 1. The summed E-state index contributed by atoms with van der Waals surface area (Å²) in [6, 6.07) is 5.26. The average molecular weight is 391 g/mol. The van der Waals surface area contributed by atoms with E-state index >= 15 is 0 Å². The van der Waals surface area contributed by atoms with Crippen LogP contribution in [0.15, 0.2) is 34.7 Å². The summed E-state index contributed by atoms with van der Waals surface area (Å²) in [5.74, 6) is -1.69. The number of hydrogen-bond donors (Lipinski definition) is 1. The van der Waals surface area contributed by atoms with Gasteiger partial charge < -0.3 is 14.6 Å². The summed E-state index contributed by atoms with van der Waals surface area (Å²) in [5.41, 5.74) is -2.11. The lowest BCUT2D eigenvalue weighted by atomic mass is 9.91. The molecular weight excluding hydrogens is 372 g/mol. The van der Waals surface area contributed by atoms with Crippen molar-refractivity contribution in [1.82, 2.24) is 15.1 Å². The number of halogens is 2. The molecule has 7 nitrogen and oxygen atoms in total. The third kappa shape index (κ3) is 3.47. The lowest BCUT2D eigenvalue weighted by molar-refractivity contribution is -0.138. The Hall–Kier alpha value is -3.23. The van der Waals surface area contributed by atoms with Crippen LogP contribution < -0.4 is 5.32 Å². The Morgan fingerprint density at radius 3 is 2.61 bits per heavy atom. The molecule has 9 heteroatoms. The van der Waals surface area contributed by atoms with E-state index in [9.17, 15) is 23.2 Å². The van der Waals surface area contributed by atoms with Gasteiger partial charge in [-0.15, -0.1) is 0 Å². The SMILES string of the molecule is Cc1ccc(CN(C)C(=O)CN2C(=O)NC(C)(c3cc(F)ccc3F)C2=O)o1. The van der Waals surface area contributed by atoms with E-state index in [1.165, 1.54) is 18.9 Å². The molecule has 0 spiro atoms. The number of nitrogens with one attached hydrogen (secondary N) is 1. The number of nitrogens with zero attached hydrogens (tertiary/aromatic N) is 2. The van der Waals surface area contributed by atoms with E-state index in [0.717, 1.165) is 18.2 Å². The molecule has 2 heterocycles. The maximum Gasteiger partial charge on any atom is 0.325 e. The summed E-state index contributed by atoms with van der Waals surface area (Å²) in [6.07, 6.45) is 0. The first-order valence-electron chi connectivity index (χ1n) is 8.50. The van der Waals surface area contributed by atoms with Crippen LogP contribution in [0.5, 0.6) is 0 Å². The van der Waals surface area contributed by atoms with E-state index in [4.69, 9.17) is 4.42 Å². The number of carbonyl (C=O) groups is 3. The normalized spacial score (nSPS) is 19.1. The van der Waals surface area contributed by atoms with Crippen LogP contribution in [0, 0.1) is 18.6 Å². The monoisotopic (exact) mass is 391 g/mol. The zero-order chi connectivity index (χ0) is 20.6. The number of imide groups is 1. The predicted molar refractivity (Wildman–Crippen MR) is 93.9 cm³/mol. The van der Waals surface area contributed by atoms with Crippen LogP contribution in [-0.2, 0) is 21.7 Å². The van der Waals surface area contributed by atoms with Crippen LogP contribution in [0.2, 0.25) is 0 Å². The maximum atomic E-state index is 14.2. The van der Waals surface area contributed by atoms with Crippen LogP contribution >= 0.6 is 0 Å². The van der Waals surface area contributed by atoms with Gasteiger partial charge in [-0.05, 0) is 44.2 Å². The van der Waals surface area contributed by atoms with Gasteiger partial charge in [0.25, 0.3) is 5.91 Å². The Morgan fingerprint density at radius 2 is 1.96 bits per heavy atom. The van der Waals surface area contributed by atoms with E-state index in [2.05, 4.69) is 5.32 Å². The quantitative estimate of drug-likeness (QED) is 0.793. The molecule has 1 unspecified atom stereocenters. The minimum atomic E-state index is -1.81. The van der Waals surface area contributed by atoms with Crippen LogP contribution in [0.25, 0.3) is 0 Å². The first-order chi connectivity index (χ1) is 13.1. The topological polar surface area (TPSA) is 82.9 Å². The van der Waals surface area contributed by atoms with Crippen molar-refractivity contribution in [2.75, 3.05) is 13.6 Å². The molecule has 1 saturated heterocycles. The molecule has 1 atom stereocenters. The zero-order valence-electron chi connectivity index (χ0n) is 15.6. The van der Waals surface area contributed by atoms with E-state index in [1.54, 1.807) is 19.1 Å². The molecule has 1 aliphatic rings. The number of aryl methyl sites for hydroxylation is 1. The minimum Gasteiger partial charge on any atom is -0.464 e. The molecule has 0 bridgehead atoms. The van der Waals surface area contributed by atoms with Crippen molar-refractivity contribution in [2.24, 2.45) is 0 Å². The Kier molecular flexibility index (Phi) is 4.93. The number of likely N-dealkylation sites (N-methyl/N-ethyl adjacent to an activating group) is 1. The second-order valence-electron chi connectivity index (χ2n) is 6.83. The molecule has 1 N–H and O–H groups in total. The highest BCUT2D eigenvalue weighted by Crippen LogP contribution is 2.31. The molecule has 2 aromatic rings. The molecule has 1 aliphatic heterocycles. The molecule has 1 fully saturated rings. The van der Waals surface area contributed by atoms with Crippen molar-refractivity contribution in [3.05, 3.63) is 59.1 Å². The van der Waals surface area contributed by atoms with E-state index in [1.807, 2.05) is 0 Å². The molecule has 0 aliphatic carbocycles. The Labute approximate surface area is 159 Å². The number of carbonyl (C=O) groups excluding carboxylic acids is 3. The van der Waals surface area contributed by atoms with Gasteiger partial charge in [0.15, 0.2) is 0 Å². The van der Waals surface area contributed by atoms with Crippen molar-refractivity contribution in [1.29, 1.82) is 0 Å². The standard InChI is InChI=1S/C19H19F2N3O4/c1-11-4-6-13(28-11)9-23(3)16(25)10-24-17(26)19(2,22-18(24)27)14-8-12(20)5-7-15(14)21/h4-8H,9-10H2,1-3H3,(H,22,27). The van der Waals surface area contributed by atoms with Gasteiger partial charge in [0.05, 0.1) is 6.54 Å². The average Bonchev–Trinajstić information content (AvgIpc) is 3.13. The van der Waals surface area contributed by atoms with E-state index in [0.29, 0.717) is 16.4 Å². The Morgan fingerprint density at radius 1 is 1.25 bits per heavy atom. The van der Waals surface area contributed by atoms with Crippen molar-refractivity contribution in [3.63, 3.8) is 0 Å². The van der Waals surface area contributed by atoms with Crippen LogP contribution in [-0.4, -0.2) is 41.2 Å². The highest BCUT2D eigenvalue weighted by molar-refractivity contribution is 6.09. The zero-order valence-corrected chi connectivity index (χ0v) is 15.6. The van der Waals surface area contributed by atoms with E-state index in [-0.39, 0.29) is 12.1 Å². The molecule has 28 heavy (non-hydrogen) atoms. The minimum absolute atomic E-state index is 0.159. The number of rotatable bonds is 5. The van der Waals surface area contributed by atoms with Gasteiger partial charge in [-0.1, -0.05) is 0 Å². The Bertz CT molecular complexity index is 958. The van der Waals surface area contributed by atoms with Crippen molar-refractivity contribution in [3.8, 4) is 0 Å². The summed E-state index contributed by atoms with van der Waals surface area (Å²) >= 11 is 0. The van der Waals surface area contributed by atoms with Crippen LogP contribution in [0.4, 0.5) is 13.6 Å². The molecule has 0 saturated carbocycles. The molecule has 4 amide bonds. The fourth-order valence-electron chi connectivity index (χ4n) is 3.05. The molecule has 1 aromatic carbocycles. The molecule has 3 rings (SSSR count). The predicted octanol–water partition coefficient (Wildman–Crippen LogP) is 2.29. The van der Waals surface area contributed by atoms with Gasteiger partial charge in [-0.25, -0.2) is 13.6 Å². The van der Waals surface area contributed by atoms with E-state index < -0.39 is 41.6 Å². The summed E-state index contributed by atoms with van der Waals surface area (Å²) in [7, 11) is 1.50.